The molecule has 2 atom stereocenters. The number of aromatic carboxylic acids is 1. The normalized spacial score (nSPS) is 23.6. The van der Waals surface area contributed by atoms with Crippen LogP contribution in [0.2, 0.25) is 0 Å². The molecule has 0 saturated heterocycles. The van der Waals surface area contributed by atoms with Crippen LogP contribution in [-0.4, -0.2) is 22.1 Å². The zero-order valence-electron chi connectivity index (χ0n) is 9.80. The molecule has 1 fully saturated rings. The number of carboxylic acids is 1. The van der Waals surface area contributed by atoms with E-state index in [4.69, 9.17) is 15.3 Å². The van der Waals surface area contributed by atoms with Crippen molar-refractivity contribution in [2.45, 2.75) is 31.2 Å². The van der Waals surface area contributed by atoms with Crippen LogP contribution in [0, 0.1) is 0 Å². The van der Waals surface area contributed by atoms with Crippen LogP contribution in [-0.2, 0) is 0 Å². The molecule has 2 unspecified atom stereocenters. The van der Waals surface area contributed by atoms with Crippen LogP contribution in [0.4, 0.5) is 0 Å². The topological polar surface area (TPSA) is 89.3 Å². The van der Waals surface area contributed by atoms with Crippen LogP contribution < -0.4 is 5.73 Å². The Bertz CT molecular complexity index is 605. The second kappa shape index (κ2) is 4.10. The summed E-state index contributed by atoms with van der Waals surface area (Å²) in [7, 11) is 0. The van der Waals surface area contributed by atoms with Crippen molar-refractivity contribution in [3.05, 3.63) is 29.7 Å². The van der Waals surface area contributed by atoms with Crippen LogP contribution in [0.25, 0.3) is 11.1 Å². The fourth-order valence-corrected chi connectivity index (χ4v) is 2.59. The van der Waals surface area contributed by atoms with Crippen molar-refractivity contribution < 1.29 is 14.3 Å². The molecule has 5 heteroatoms. The monoisotopic (exact) mass is 246 g/mol. The van der Waals surface area contributed by atoms with E-state index in [1.54, 1.807) is 12.1 Å². The SMILES string of the molecule is NC1CCCC1c1nc2c(C(=O)O)cccc2o1. The van der Waals surface area contributed by atoms with E-state index in [1.807, 2.05) is 0 Å². The van der Waals surface area contributed by atoms with E-state index >= 15 is 0 Å². The fraction of sp³-hybridized carbons (Fsp3) is 0.385. The van der Waals surface area contributed by atoms with Gasteiger partial charge in [-0.25, -0.2) is 9.78 Å². The summed E-state index contributed by atoms with van der Waals surface area (Å²) in [4.78, 5) is 15.4. The zero-order chi connectivity index (χ0) is 12.7. The fourth-order valence-electron chi connectivity index (χ4n) is 2.59. The molecule has 18 heavy (non-hydrogen) atoms. The van der Waals surface area contributed by atoms with Gasteiger partial charge in [-0.1, -0.05) is 12.5 Å². The molecule has 3 N–H and O–H groups in total. The Morgan fingerprint density at radius 2 is 2.28 bits per heavy atom. The van der Waals surface area contributed by atoms with Crippen molar-refractivity contribution in [3.63, 3.8) is 0 Å². The summed E-state index contributed by atoms with van der Waals surface area (Å²) in [5.41, 5.74) is 7.12. The molecule has 1 heterocycles. The molecule has 0 amide bonds. The summed E-state index contributed by atoms with van der Waals surface area (Å²) in [6.45, 7) is 0. The van der Waals surface area contributed by atoms with Crippen molar-refractivity contribution in [1.82, 2.24) is 4.98 Å². The Morgan fingerprint density at radius 3 is 2.94 bits per heavy atom. The van der Waals surface area contributed by atoms with Crippen LogP contribution in [0.1, 0.15) is 41.4 Å². The lowest BCUT2D eigenvalue weighted by Gasteiger charge is -2.09. The summed E-state index contributed by atoms with van der Waals surface area (Å²) >= 11 is 0. The highest BCUT2D eigenvalue weighted by molar-refractivity contribution is 6.00. The number of hydrogen-bond acceptors (Lipinski definition) is 4. The number of carboxylic acid groups (broad SMARTS) is 1. The van der Waals surface area contributed by atoms with E-state index in [1.165, 1.54) is 6.07 Å². The first kappa shape index (κ1) is 11.2. The van der Waals surface area contributed by atoms with Gasteiger partial charge in [0.05, 0.1) is 11.5 Å². The molecule has 1 aromatic heterocycles. The van der Waals surface area contributed by atoms with Gasteiger partial charge >= 0.3 is 5.97 Å². The predicted molar refractivity (Wildman–Crippen MR) is 65.5 cm³/mol. The van der Waals surface area contributed by atoms with Gasteiger partial charge < -0.3 is 15.3 Å². The lowest BCUT2D eigenvalue weighted by molar-refractivity contribution is 0.0699. The van der Waals surface area contributed by atoms with Gasteiger partial charge in [0.1, 0.15) is 5.52 Å². The standard InChI is InChI=1S/C13H14N2O3/c14-9-5-1-3-7(9)12-15-11-8(13(16)17)4-2-6-10(11)18-12/h2,4,6-7,9H,1,3,5,14H2,(H,16,17). The minimum atomic E-state index is -0.990. The first-order valence-corrected chi connectivity index (χ1v) is 6.05. The smallest absolute Gasteiger partial charge is 0.338 e. The summed E-state index contributed by atoms with van der Waals surface area (Å²) in [6, 6.07) is 4.99. The second-order valence-electron chi connectivity index (χ2n) is 4.71. The Hall–Kier alpha value is -1.88. The summed E-state index contributed by atoms with van der Waals surface area (Å²) < 4.78 is 5.66. The molecule has 3 rings (SSSR count). The third-order valence-corrected chi connectivity index (χ3v) is 3.55. The molecule has 0 spiro atoms. The van der Waals surface area contributed by atoms with Crippen molar-refractivity contribution in [2.24, 2.45) is 5.73 Å². The van der Waals surface area contributed by atoms with Gasteiger partial charge in [0.2, 0.25) is 0 Å². The maximum Gasteiger partial charge on any atom is 0.338 e. The van der Waals surface area contributed by atoms with Crippen LogP contribution in [0.15, 0.2) is 22.6 Å². The van der Waals surface area contributed by atoms with Crippen LogP contribution in [0.5, 0.6) is 0 Å². The van der Waals surface area contributed by atoms with E-state index < -0.39 is 5.97 Å². The van der Waals surface area contributed by atoms with Crippen LogP contribution in [0.3, 0.4) is 0 Å². The van der Waals surface area contributed by atoms with Crippen molar-refractivity contribution in [3.8, 4) is 0 Å². The Morgan fingerprint density at radius 1 is 1.44 bits per heavy atom. The van der Waals surface area contributed by atoms with Gasteiger partial charge in [0.15, 0.2) is 11.5 Å². The number of para-hydroxylation sites is 1. The number of rotatable bonds is 2. The van der Waals surface area contributed by atoms with Gasteiger partial charge in [0, 0.05) is 6.04 Å². The number of carbonyl (C=O) groups is 1. The number of benzene rings is 1. The third kappa shape index (κ3) is 1.67. The molecular formula is C13H14N2O3. The van der Waals surface area contributed by atoms with E-state index in [0.717, 1.165) is 19.3 Å². The molecule has 1 saturated carbocycles. The lowest BCUT2D eigenvalue weighted by atomic mass is 10.1. The third-order valence-electron chi connectivity index (χ3n) is 3.55. The zero-order valence-corrected chi connectivity index (χ0v) is 9.80. The average molecular weight is 246 g/mol. The number of aromatic nitrogens is 1. The summed E-state index contributed by atoms with van der Waals surface area (Å²) in [6.07, 6.45) is 2.99. The minimum Gasteiger partial charge on any atom is -0.478 e. The molecule has 1 aliphatic carbocycles. The van der Waals surface area contributed by atoms with Gasteiger partial charge in [-0.15, -0.1) is 0 Å². The molecule has 1 aromatic carbocycles. The molecule has 94 valence electrons. The largest absolute Gasteiger partial charge is 0.478 e. The number of fused-ring (bicyclic) bond motifs is 1. The van der Waals surface area contributed by atoms with Crippen molar-refractivity contribution in [2.75, 3.05) is 0 Å². The quantitative estimate of drug-likeness (QED) is 0.847. The van der Waals surface area contributed by atoms with Crippen LogP contribution >= 0.6 is 0 Å². The molecule has 0 aliphatic heterocycles. The number of nitrogens with two attached hydrogens (primary N) is 1. The maximum atomic E-state index is 11.1. The van der Waals surface area contributed by atoms with Gasteiger partial charge in [-0.2, -0.15) is 0 Å². The Balaban J connectivity index is 2.11. The first-order valence-electron chi connectivity index (χ1n) is 6.05. The molecule has 0 radical (unpaired) electrons. The number of hydrogen-bond donors (Lipinski definition) is 2. The lowest BCUT2D eigenvalue weighted by Crippen LogP contribution is -2.22. The Kier molecular flexibility index (Phi) is 2.56. The average Bonchev–Trinajstić information content (AvgIpc) is 2.92. The number of nitrogens with zero attached hydrogens (tertiary/aromatic N) is 1. The molecule has 2 aromatic rings. The van der Waals surface area contributed by atoms with Gasteiger partial charge in [-0.05, 0) is 25.0 Å². The minimum absolute atomic E-state index is 0.0614. The van der Waals surface area contributed by atoms with E-state index in [-0.39, 0.29) is 17.5 Å². The molecular weight excluding hydrogens is 232 g/mol. The van der Waals surface area contributed by atoms with Gasteiger partial charge in [-0.3, -0.25) is 0 Å². The molecule has 5 nitrogen and oxygen atoms in total. The predicted octanol–water partition coefficient (Wildman–Crippen LogP) is 2.12. The Labute approximate surface area is 104 Å². The highest BCUT2D eigenvalue weighted by Crippen LogP contribution is 2.34. The van der Waals surface area contributed by atoms with Crippen molar-refractivity contribution in [1.29, 1.82) is 0 Å². The van der Waals surface area contributed by atoms with E-state index in [9.17, 15) is 4.79 Å². The summed E-state index contributed by atoms with van der Waals surface area (Å²) in [5, 5.41) is 9.10. The van der Waals surface area contributed by atoms with Crippen molar-refractivity contribution >= 4 is 17.1 Å². The molecule has 0 bridgehead atoms. The highest BCUT2D eigenvalue weighted by Gasteiger charge is 2.30. The van der Waals surface area contributed by atoms with Gasteiger partial charge in [0.25, 0.3) is 0 Å². The highest BCUT2D eigenvalue weighted by atomic mass is 16.4. The molecule has 1 aliphatic rings. The summed E-state index contributed by atoms with van der Waals surface area (Å²) in [5.74, 6) is -0.307. The van der Waals surface area contributed by atoms with E-state index in [0.29, 0.717) is 17.0 Å². The second-order valence-corrected chi connectivity index (χ2v) is 4.71. The number of oxazole rings is 1. The maximum absolute atomic E-state index is 11.1. The van der Waals surface area contributed by atoms with E-state index in [2.05, 4.69) is 4.98 Å². The first-order chi connectivity index (χ1) is 8.66.